The Balaban J connectivity index is 1.68. The van der Waals surface area contributed by atoms with Crippen LogP contribution in [0.5, 0.6) is 0 Å². The molecule has 0 radical (unpaired) electrons. The molecule has 0 atom stereocenters. The van der Waals surface area contributed by atoms with Gasteiger partial charge in [0, 0.05) is 28.6 Å². The minimum absolute atomic E-state index is 0.110. The fourth-order valence-corrected chi connectivity index (χ4v) is 4.08. The summed E-state index contributed by atoms with van der Waals surface area (Å²) in [5.41, 5.74) is 5.22. The Morgan fingerprint density at radius 1 is 1.22 bits per heavy atom. The van der Waals surface area contributed by atoms with Crippen molar-refractivity contribution >= 4 is 17.5 Å². The molecular formula is C21H26N4OS. The summed E-state index contributed by atoms with van der Waals surface area (Å²) in [7, 11) is 0. The van der Waals surface area contributed by atoms with E-state index >= 15 is 0 Å². The predicted molar refractivity (Wildman–Crippen MR) is 111 cm³/mol. The number of hydrogen-bond acceptors (Lipinski definition) is 4. The van der Waals surface area contributed by atoms with Crippen LogP contribution in [0.2, 0.25) is 0 Å². The monoisotopic (exact) mass is 382 g/mol. The number of benzene rings is 1. The van der Waals surface area contributed by atoms with E-state index in [0.717, 1.165) is 34.8 Å². The third-order valence-corrected chi connectivity index (χ3v) is 5.58. The quantitative estimate of drug-likeness (QED) is 0.461. The lowest BCUT2D eigenvalue weighted by Gasteiger charge is -2.13. The SMILES string of the molecule is CCc1ccc(-c2nc(SCC(=O)c3cc(C)n(C(C)C)c3C)n[nH]2)cc1. The first-order valence-corrected chi connectivity index (χ1v) is 10.2. The number of aromatic amines is 1. The topological polar surface area (TPSA) is 63.6 Å². The molecule has 5 nitrogen and oxygen atoms in total. The van der Waals surface area contributed by atoms with E-state index < -0.39 is 0 Å². The summed E-state index contributed by atoms with van der Waals surface area (Å²) in [6, 6.07) is 10.6. The highest BCUT2D eigenvalue weighted by Gasteiger charge is 2.18. The number of Topliss-reactive ketones (excluding diaryl/α,β-unsaturated/α-hetero) is 1. The van der Waals surface area contributed by atoms with Gasteiger partial charge in [0.2, 0.25) is 5.16 Å². The lowest BCUT2D eigenvalue weighted by Crippen LogP contribution is -2.08. The predicted octanol–water partition coefficient (Wildman–Crippen LogP) is 5.01. The molecule has 142 valence electrons. The van der Waals surface area contributed by atoms with E-state index in [2.05, 4.69) is 52.7 Å². The molecule has 0 saturated heterocycles. The number of ketones is 1. The summed E-state index contributed by atoms with van der Waals surface area (Å²) in [6.07, 6.45) is 1.01. The Labute approximate surface area is 164 Å². The third-order valence-electron chi connectivity index (χ3n) is 4.73. The first kappa shape index (κ1) is 19.4. The first-order chi connectivity index (χ1) is 12.9. The molecule has 0 aliphatic carbocycles. The largest absolute Gasteiger partial charge is 0.346 e. The molecule has 0 fully saturated rings. The number of carbonyl (C=O) groups is 1. The van der Waals surface area contributed by atoms with Gasteiger partial charge in [0.05, 0.1) is 5.75 Å². The van der Waals surface area contributed by atoms with Crippen molar-refractivity contribution in [2.45, 2.75) is 52.2 Å². The van der Waals surface area contributed by atoms with E-state index in [9.17, 15) is 4.79 Å². The minimum Gasteiger partial charge on any atom is -0.346 e. The van der Waals surface area contributed by atoms with Crippen molar-refractivity contribution in [3.8, 4) is 11.4 Å². The number of hydrogen-bond donors (Lipinski definition) is 1. The maximum atomic E-state index is 12.7. The fourth-order valence-electron chi connectivity index (χ4n) is 3.40. The van der Waals surface area contributed by atoms with Crippen molar-refractivity contribution in [2.75, 3.05) is 5.75 Å². The molecule has 0 amide bonds. The van der Waals surface area contributed by atoms with Crippen molar-refractivity contribution in [1.82, 2.24) is 19.7 Å². The number of H-pyrrole nitrogens is 1. The molecule has 0 saturated carbocycles. The number of nitrogens with zero attached hydrogens (tertiary/aromatic N) is 3. The molecule has 0 bridgehead atoms. The van der Waals surface area contributed by atoms with Gasteiger partial charge in [-0.2, -0.15) is 0 Å². The second-order valence-electron chi connectivity index (χ2n) is 6.98. The van der Waals surface area contributed by atoms with Gasteiger partial charge in [-0.3, -0.25) is 9.89 Å². The van der Waals surface area contributed by atoms with Crippen LogP contribution in [0.15, 0.2) is 35.5 Å². The first-order valence-electron chi connectivity index (χ1n) is 9.26. The van der Waals surface area contributed by atoms with Gasteiger partial charge in [-0.1, -0.05) is 43.0 Å². The van der Waals surface area contributed by atoms with Gasteiger partial charge in [0.1, 0.15) is 0 Å². The Bertz CT molecular complexity index is 938. The van der Waals surface area contributed by atoms with Gasteiger partial charge >= 0.3 is 0 Å². The normalized spacial score (nSPS) is 11.3. The van der Waals surface area contributed by atoms with E-state index in [1.807, 2.05) is 32.0 Å². The highest BCUT2D eigenvalue weighted by molar-refractivity contribution is 7.99. The lowest BCUT2D eigenvalue weighted by molar-refractivity contribution is 0.102. The summed E-state index contributed by atoms with van der Waals surface area (Å²) >= 11 is 1.37. The molecule has 2 heterocycles. The highest BCUT2D eigenvalue weighted by Crippen LogP contribution is 2.24. The van der Waals surface area contributed by atoms with Gasteiger partial charge in [-0.05, 0) is 45.7 Å². The second-order valence-corrected chi connectivity index (χ2v) is 7.92. The lowest BCUT2D eigenvalue weighted by atomic mass is 10.1. The van der Waals surface area contributed by atoms with Crippen molar-refractivity contribution in [2.24, 2.45) is 0 Å². The molecule has 2 aromatic heterocycles. The number of rotatable bonds is 7. The number of aryl methyl sites for hydroxylation is 2. The average molecular weight is 383 g/mol. The molecule has 0 aliphatic rings. The van der Waals surface area contributed by atoms with Crippen LogP contribution in [0.3, 0.4) is 0 Å². The summed E-state index contributed by atoms with van der Waals surface area (Å²) < 4.78 is 2.20. The molecule has 0 aliphatic heterocycles. The van der Waals surface area contributed by atoms with Crippen LogP contribution in [0.1, 0.15) is 54.1 Å². The zero-order valence-electron chi connectivity index (χ0n) is 16.5. The molecule has 27 heavy (non-hydrogen) atoms. The van der Waals surface area contributed by atoms with E-state index in [1.165, 1.54) is 17.3 Å². The van der Waals surface area contributed by atoms with Crippen LogP contribution in [0.4, 0.5) is 0 Å². The smallest absolute Gasteiger partial charge is 0.209 e. The van der Waals surface area contributed by atoms with Crippen molar-refractivity contribution in [3.05, 3.63) is 52.8 Å². The maximum Gasteiger partial charge on any atom is 0.209 e. The third kappa shape index (κ3) is 4.16. The Morgan fingerprint density at radius 2 is 1.93 bits per heavy atom. The van der Waals surface area contributed by atoms with Gasteiger partial charge in [-0.15, -0.1) is 5.10 Å². The van der Waals surface area contributed by atoms with Gasteiger partial charge in [0.15, 0.2) is 11.6 Å². The maximum absolute atomic E-state index is 12.7. The summed E-state index contributed by atoms with van der Waals surface area (Å²) in [4.78, 5) is 17.2. The van der Waals surface area contributed by atoms with Crippen molar-refractivity contribution in [1.29, 1.82) is 0 Å². The molecule has 0 unspecified atom stereocenters. The van der Waals surface area contributed by atoms with Crippen LogP contribution < -0.4 is 0 Å². The molecule has 3 rings (SSSR count). The van der Waals surface area contributed by atoms with Crippen LogP contribution in [-0.4, -0.2) is 31.3 Å². The minimum atomic E-state index is 0.110. The van der Waals surface area contributed by atoms with Crippen LogP contribution in [0.25, 0.3) is 11.4 Å². The number of aromatic nitrogens is 4. The van der Waals surface area contributed by atoms with E-state index in [-0.39, 0.29) is 5.78 Å². The van der Waals surface area contributed by atoms with Gasteiger partial charge in [0.25, 0.3) is 0 Å². The molecule has 1 aromatic carbocycles. The molecule has 0 spiro atoms. The highest BCUT2D eigenvalue weighted by atomic mass is 32.2. The van der Waals surface area contributed by atoms with Crippen molar-refractivity contribution in [3.63, 3.8) is 0 Å². The van der Waals surface area contributed by atoms with Gasteiger partial charge < -0.3 is 4.57 Å². The van der Waals surface area contributed by atoms with Crippen LogP contribution in [0, 0.1) is 13.8 Å². The fraction of sp³-hybridized carbons (Fsp3) is 0.381. The molecule has 3 aromatic rings. The average Bonchev–Trinajstić information content (AvgIpc) is 3.24. The zero-order valence-corrected chi connectivity index (χ0v) is 17.4. The standard InChI is InChI=1S/C21H26N4OS/c1-6-16-7-9-17(10-8-16)20-22-21(24-23-20)27-12-19(26)18-11-14(4)25(13(2)3)15(18)5/h7-11,13H,6,12H2,1-5H3,(H,22,23,24). The number of nitrogens with one attached hydrogen (secondary N) is 1. The molecular weight excluding hydrogens is 356 g/mol. The molecule has 1 N–H and O–H groups in total. The Hall–Kier alpha value is -2.34. The Morgan fingerprint density at radius 3 is 2.52 bits per heavy atom. The van der Waals surface area contributed by atoms with E-state index in [4.69, 9.17) is 0 Å². The Kier molecular flexibility index (Phi) is 5.85. The van der Waals surface area contributed by atoms with Crippen molar-refractivity contribution < 1.29 is 4.79 Å². The van der Waals surface area contributed by atoms with E-state index in [1.54, 1.807) is 0 Å². The zero-order chi connectivity index (χ0) is 19.6. The van der Waals surface area contributed by atoms with Crippen LogP contribution >= 0.6 is 11.8 Å². The number of carbonyl (C=O) groups excluding carboxylic acids is 1. The van der Waals surface area contributed by atoms with E-state index in [0.29, 0.717) is 17.0 Å². The summed E-state index contributed by atoms with van der Waals surface area (Å²) in [5.74, 6) is 1.17. The second kappa shape index (κ2) is 8.13. The van der Waals surface area contributed by atoms with Crippen LogP contribution in [-0.2, 0) is 6.42 Å². The number of thioether (sulfide) groups is 1. The van der Waals surface area contributed by atoms with Gasteiger partial charge in [-0.25, -0.2) is 4.98 Å². The summed E-state index contributed by atoms with van der Waals surface area (Å²) in [6.45, 7) is 10.4. The molecule has 6 heteroatoms. The summed E-state index contributed by atoms with van der Waals surface area (Å²) in [5, 5.41) is 7.80.